The molecular weight excluding hydrogens is 337 g/mol. The van der Waals surface area contributed by atoms with E-state index >= 15 is 0 Å². The summed E-state index contributed by atoms with van der Waals surface area (Å²) in [7, 11) is -3.92. The van der Waals surface area contributed by atoms with E-state index in [0.29, 0.717) is 12.1 Å². The molecule has 0 amide bonds. The quantitative estimate of drug-likeness (QED) is 0.487. The maximum Gasteiger partial charge on any atom is 0.416 e. The van der Waals surface area contributed by atoms with Gasteiger partial charge in [-0.25, -0.2) is 8.42 Å². The van der Waals surface area contributed by atoms with Crippen LogP contribution in [0.25, 0.3) is 0 Å². The lowest BCUT2D eigenvalue weighted by Gasteiger charge is -2.10. The fraction of sp³-hybridized carbons (Fsp3) is 0.400. The van der Waals surface area contributed by atoms with Crippen molar-refractivity contribution in [3.63, 3.8) is 0 Å². The Labute approximate surface area is 123 Å². The van der Waals surface area contributed by atoms with Crippen LogP contribution in [0.2, 0.25) is 0 Å². The number of nitro benzene ring substituents is 1. The van der Waals surface area contributed by atoms with Crippen LogP contribution in [0.1, 0.15) is 12.0 Å². The molecule has 0 aliphatic rings. The number of halogens is 4. The van der Waals surface area contributed by atoms with Crippen LogP contribution in [0.5, 0.6) is 0 Å². The number of hydrogen-bond donors (Lipinski definition) is 1. The van der Waals surface area contributed by atoms with Gasteiger partial charge in [-0.1, -0.05) is 0 Å². The topological polar surface area (TPSA) is 89.3 Å². The highest BCUT2D eigenvalue weighted by molar-refractivity contribution is 7.92. The largest absolute Gasteiger partial charge is 0.416 e. The summed E-state index contributed by atoms with van der Waals surface area (Å²) in [6.07, 6.45) is -4.66. The lowest BCUT2D eigenvalue weighted by atomic mass is 10.1. The van der Waals surface area contributed by atoms with Crippen LogP contribution < -0.4 is 4.72 Å². The molecule has 0 aliphatic heterocycles. The van der Waals surface area contributed by atoms with E-state index in [-0.39, 0.29) is 18.4 Å². The number of hydrogen-bond acceptors (Lipinski definition) is 4. The Morgan fingerprint density at radius 2 is 1.95 bits per heavy atom. The highest BCUT2D eigenvalue weighted by Gasteiger charge is 2.33. The first kappa shape index (κ1) is 17.5. The molecule has 21 heavy (non-hydrogen) atoms. The zero-order chi connectivity index (χ0) is 16.3. The zero-order valence-corrected chi connectivity index (χ0v) is 11.9. The number of benzene rings is 1. The van der Waals surface area contributed by atoms with Crippen LogP contribution in [-0.2, 0) is 16.2 Å². The van der Waals surface area contributed by atoms with Gasteiger partial charge in [0, 0.05) is 11.9 Å². The molecule has 0 bridgehead atoms. The molecule has 1 rings (SSSR count). The summed E-state index contributed by atoms with van der Waals surface area (Å²) in [6.45, 7) is 0. The van der Waals surface area contributed by atoms with Crippen LogP contribution in [-0.4, -0.2) is 25.0 Å². The van der Waals surface area contributed by atoms with E-state index in [2.05, 4.69) is 0 Å². The van der Waals surface area contributed by atoms with Gasteiger partial charge in [0.1, 0.15) is 5.69 Å². The van der Waals surface area contributed by atoms with Crippen LogP contribution >= 0.6 is 11.6 Å². The van der Waals surface area contributed by atoms with Crippen molar-refractivity contribution >= 4 is 33.0 Å². The van der Waals surface area contributed by atoms with Crippen molar-refractivity contribution in [2.75, 3.05) is 16.4 Å². The molecule has 0 radical (unpaired) electrons. The Morgan fingerprint density at radius 1 is 1.33 bits per heavy atom. The summed E-state index contributed by atoms with van der Waals surface area (Å²) >= 11 is 5.34. The van der Waals surface area contributed by atoms with E-state index in [1.807, 2.05) is 4.72 Å². The minimum Gasteiger partial charge on any atom is -0.277 e. The van der Waals surface area contributed by atoms with E-state index < -0.39 is 43.8 Å². The molecule has 0 spiro atoms. The van der Waals surface area contributed by atoms with Crippen LogP contribution in [0, 0.1) is 10.1 Å². The minimum absolute atomic E-state index is 0.0655. The summed E-state index contributed by atoms with van der Waals surface area (Å²) in [5, 5.41) is 10.8. The summed E-state index contributed by atoms with van der Waals surface area (Å²) in [5.41, 5.74) is -2.74. The number of anilines is 1. The number of sulfonamides is 1. The SMILES string of the molecule is O=[N+]([O-])c1cc(C(F)(F)F)ccc1NS(=O)(=O)CCCCl. The van der Waals surface area contributed by atoms with Crippen LogP contribution in [0.4, 0.5) is 24.5 Å². The van der Waals surface area contributed by atoms with Gasteiger partial charge in [0.25, 0.3) is 5.69 Å². The number of alkyl halides is 4. The van der Waals surface area contributed by atoms with E-state index in [4.69, 9.17) is 11.6 Å². The minimum atomic E-state index is -4.76. The number of nitrogens with one attached hydrogen (secondary N) is 1. The highest BCUT2D eigenvalue weighted by Crippen LogP contribution is 2.35. The van der Waals surface area contributed by atoms with Gasteiger partial charge in [-0.15, -0.1) is 11.6 Å². The Kier molecular flexibility index (Phi) is 5.40. The van der Waals surface area contributed by atoms with Crippen molar-refractivity contribution in [3.05, 3.63) is 33.9 Å². The van der Waals surface area contributed by atoms with Gasteiger partial charge in [0.2, 0.25) is 10.0 Å². The van der Waals surface area contributed by atoms with Crippen molar-refractivity contribution in [3.8, 4) is 0 Å². The van der Waals surface area contributed by atoms with Crippen LogP contribution in [0.15, 0.2) is 18.2 Å². The monoisotopic (exact) mass is 346 g/mol. The molecule has 11 heteroatoms. The molecule has 0 saturated heterocycles. The molecule has 1 N–H and O–H groups in total. The van der Waals surface area contributed by atoms with Crippen molar-refractivity contribution in [1.82, 2.24) is 0 Å². The highest BCUT2D eigenvalue weighted by atomic mass is 35.5. The molecule has 118 valence electrons. The Morgan fingerprint density at radius 3 is 2.43 bits per heavy atom. The van der Waals surface area contributed by atoms with Gasteiger partial charge in [-0.2, -0.15) is 13.2 Å². The average Bonchev–Trinajstić information content (AvgIpc) is 2.34. The van der Waals surface area contributed by atoms with Gasteiger partial charge in [-0.05, 0) is 18.6 Å². The fourth-order valence-electron chi connectivity index (χ4n) is 1.41. The molecule has 0 aromatic heterocycles. The maximum absolute atomic E-state index is 12.5. The van der Waals surface area contributed by atoms with Gasteiger partial charge < -0.3 is 0 Å². The molecule has 0 atom stereocenters. The summed E-state index contributed by atoms with van der Waals surface area (Å²) in [6, 6.07) is 1.55. The third-order valence-electron chi connectivity index (χ3n) is 2.33. The summed E-state index contributed by atoms with van der Waals surface area (Å²) in [5.74, 6) is -0.329. The van der Waals surface area contributed by atoms with E-state index in [1.54, 1.807) is 0 Å². The first-order chi connectivity index (χ1) is 9.57. The van der Waals surface area contributed by atoms with Crippen molar-refractivity contribution in [2.24, 2.45) is 0 Å². The molecule has 1 aromatic rings. The lowest BCUT2D eigenvalue weighted by molar-refractivity contribution is -0.384. The van der Waals surface area contributed by atoms with E-state index in [0.717, 1.165) is 0 Å². The zero-order valence-electron chi connectivity index (χ0n) is 10.4. The summed E-state index contributed by atoms with van der Waals surface area (Å²) in [4.78, 5) is 9.69. The number of rotatable bonds is 6. The normalized spacial score (nSPS) is 12.2. The van der Waals surface area contributed by atoms with Crippen molar-refractivity contribution in [1.29, 1.82) is 0 Å². The smallest absolute Gasteiger partial charge is 0.277 e. The van der Waals surface area contributed by atoms with Crippen LogP contribution in [0.3, 0.4) is 0 Å². The maximum atomic E-state index is 12.5. The lowest BCUT2D eigenvalue weighted by Crippen LogP contribution is -2.18. The third kappa shape index (κ3) is 5.05. The Balaban J connectivity index is 3.17. The van der Waals surface area contributed by atoms with E-state index in [9.17, 15) is 31.7 Å². The van der Waals surface area contributed by atoms with Crippen molar-refractivity contribution < 1.29 is 26.5 Å². The Hall–Kier alpha value is -1.55. The molecule has 1 aromatic carbocycles. The first-order valence-corrected chi connectivity index (χ1v) is 7.67. The predicted octanol–water partition coefficient (Wildman–Crippen LogP) is 2.98. The Bertz CT molecular complexity index is 634. The van der Waals surface area contributed by atoms with E-state index in [1.165, 1.54) is 0 Å². The molecule has 0 aliphatic carbocycles. The molecule has 6 nitrogen and oxygen atoms in total. The molecule has 0 unspecified atom stereocenters. The number of nitro groups is 1. The standard InChI is InChI=1S/C10H10ClF3N2O4S/c11-4-1-5-21(19,20)15-8-3-2-7(10(12,13)14)6-9(8)16(17)18/h2-3,6,15H,1,4-5H2. The van der Waals surface area contributed by atoms with Gasteiger partial charge >= 0.3 is 6.18 Å². The van der Waals surface area contributed by atoms with Gasteiger partial charge in [0.15, 0.2) is 0 Å². The molecule has 0 saturated carbocycles. The predicted molar refractivity (Wildman–Crippen MR) is 70.8 cm³/mol. The average molecular weight is 347 g/mol. The van der Waals surface area contributed by atoms with Crippen molar-refractivity contribution in [2.45, 2.75) is 12.6 Å². The second-order valence-electron chi connectivity index (χ2n) is 3.95. The summed E-state index contributed by atoms with van der Waals surface area (Å²) < 4.78 is 62.6. The second kappa shape index (κ2) is 6.48. The molecule has 0 heterocycles. The molecule has 0 fully saturated rings. The fourth-order valence-corrected chi connectivity index (χ4v) is 2.83. The van der Waals surface area contributed by atoms with Gasteiger partial charge in [-0.3, -0.25) is 14.8 Å². The first-order valence-electron chi connectivity index (χ1n) is 5.49. The second-order valence-corrected chi connectivity index (χ2v) is 6.17. The molecular formula is C10H10ClF3N2O4S. The number of nitrogens with zero attached hydrogens (tertiary/aromatic N) is 1. The third-order valence-corrected chi connectivity index (χ3v) is 3.96. The van der Waals surface area contributed by atoms with Gasteiger partial charge in [0.05, 0.1) is 16.2 Å².